The molecule has 0 spiro atoms. The van der Waals surface area contributed by atoms with Crippen LogP contribution in [0.4, 0.5) is 0 Å². The summed E-state index contributed by atoms with van der Waals surface area (Å²) in [5.74, 6) is 0. The number of nitrogens with two attached hydrogens (primary N) is 2. The second kappa shape index (κ2) is 3.51. The van der Waals surface area contributed by atoms with Gasteiger partial charge in [-0.1, -0.05) is 30.3 Å². The van der Waals surface area contributed by atoms with Gasteiger partial charge in [-0.3, -0.25) is 0 Å². The molecule has 2 atom stereocenters. The first kappa shape index (κ1) is 8.24. The third kappa shape index (κ3) is 2.03. The summed E-state index contributed by atoms with van der Waals surface area (Å²) in [4.78, 5) is 0. The standard InChI is InChI=1S/C9H14N2/c1-7(10)9(11)8-5-3-2-4-6-8/h2-7,9H,10-11H2,1H3/t7-,9+/m1/s1. The molecule has 0 unspecified atom stereocenters. The molecule has 0 saturated carbocycles. The number of benzene rings is 1. The van der Waals surface area contributed by atoms with Gasteiger partial charge in [-0.25, -0.2) is 0 Å². The van der Waals surface area contributed by atoms with Crippen molar-refractivity contribution in [2.24, 2.45) is 11.5 Å². The zero-order valence-electron chi connectivity index (χ0n) is 6.70. The maximum Gasteiger partial charge on any atom is 0.0445 e. The molecule has 60 valence electrons. The van der Waals surface area contributed by atoms with E-state index < -0.39 is 0 Å². The molecule has 0 radical (unpaired) electrons. The lowest BCUT2D eigenvalue weighted by molar-refractivity contribution is 0.589. The predicted molar refractivity (Wildman–Crippen MR) is 47.0 cm³/mol. The Morgan fingerprint density at radius 1 is 1.09 bits per heavy atom. The van der Waals surface area contributed by atoms with Crippen molar-refractivity contribution in [3.8, 4) is 0 Å². The second-order valence-corrected chi connectivity index (χ2v) is 2.80. The van der Waals surface area contributed by atoms with Crippen molar-refractivity contribution >= 4 is 0 Å². The minimum absolute atomic E-state index is 0.0115. The van der Waals surface area contributed by atoms with Crippen molar-refractivity contribution < 1.29 is 0 Å². The summed E-state index contributed by atoms with van der Waals surface area (Å²) in [6, 6.07) is 9.86. The summed E-state index contributed by atoms with van der Waals surface area (Å²) >= 11 is 0. The highest BCUT2D eigenvalue weighted by Crippen LogP contribution is 2.11. The quantitative estimate of drug-likeness (QED) is 0.661. The average Bonchev–Trinajstić information content (AvgIpc) is 2.05. The Labute approximate surface area is 67.2 Å². The highest BCUT2D eigenvalue weighted by molar-refractivity contribution is 5.19. The van der Waals surface area contributed by atoms with Gasteiger partial charge in [0.2, 0.25) is 0 Å². The minimum atomic E-state index is -0.0452. The molecule has 0 fully saturated rings. The molecule has 0 amide bonds. The van der Waals surface area contributed by atoms with Gasteiger partial charge in [-0.05, 0) is 12.5 Å². The molecule has 11 heavy (non-hydrogen) atoms. The highest BCUT2D eigenvalue weighted by atomic mass is 14.8. The Morgan fingerprint density at radius 3 is 2.09 bits per heavy atom. The van der Waals surface area contributed by atoms with E-state index in [1.165, 1.54) is 0 Å². The highest BCUT2D eigenvalue weighted by Gasteiger charge is 2.08. The molecule has 2 heteroatoms. The van der Waals surface area contributed by atoms with Crippen LogP contribution in [0.15, 0.2) is 30.3 Å². The molecular weight excluding hydrogens is 136 g/mol. The Bertz CT molecular complexity index is 206. The summed E-state index contributed by atoms with van der Waals surface area (Å²) in [5, 5.41) is 0. The Morgan fingerprint density at radius 2 is 1.64 bits per heavy atom. The SMILES string of the molecule is C[C@@H](N)[C@H](N)c1ccccc1. The lowest BCUT2D eigenvalue weighted by atomic mass is 10.0. The minimum Gasteiger partial charge on any atom is -0.326 e. The van der Waals surface area contributed by atoms with Crippen molar-refractivity contribution in [2.75, 3.05) is 0 Å². The molecule has 1 aromatic carbocycles. The number of hydrogen-bond acceptors (Lipinski definition) is 2. The molecule has 0 bridgehead atoms. The van der Waals surface area contributed by atoms with Crippen LogP contribution in [-0.2, 0) is 0 Å². The molecule has 0 saturated heterocycles. The van der Waals surface area contributed by atoms with Gasteiger partial charge in [-0.15, -0.1) is 0 Å². The van der Waals surface area contributed by atoms with Crippen LogP contribution in [0.1, 0.15) is 18.5 Å². The summed E-state index contributed by atoms with van der Waals surface area (Å²) in [7, 11) is 0. The van der Waals surface area contributed by atoms with E-state index in [0.29, 0.717) is 0 Å². The van der Waals surface area contributed by atoms with Gasteiger partial charge in [0.25, 0.3) is 0 Å². The first-order chi connectivity index (χ1) is 5.22. The molecule has 0 aliphatic heterocycles. The number of rotatable bonds is 2. The maximum atomic E-state index is 5.81. The second-order valence-electron chi connectivity index (χ2n) is 2.80. The fraction of sp³-hybridized carbons (Fsp3) is 0.333. The summed E-state index contributed by atoms with van der Waals surface area (Å²) < 4.78 is 0. The van der Waals surface area contributed by atoms with E-state index in [1.807, 2.05) is 37.3 Å². The summed E-state index contributed by atoms with van der Waals surface area (Å²) in [6.45, 7) is 1.91. The van der Waals surface area contributed by atoms with Crippen molar-refractivity contribution in [3.63, 3.8) is 0 Å². The van der Waals surface area contributed by atoms with Crippen LogP contribution >= 0.6 is 0 Å². The van der Waals surface area contributed by atoms with E-state index in [1.54, 1.807) is 0 Å². The Balaban J connectivity index is 2.77. The third-order valence-electron chi connectivity index (χ3n) is 1.75. The van der Waals surface area contributed by atoms with Crippen LogP contribution in [0.2, 0.25) is 0 Å². The Hall–Kier alpha value is -0.860. The molecule has 0 heterocycles. The Kier molecular flexibility index (Phi) is 2.63. The molecule has 4 N–H and O–H groups in total. The van der Waals surface area contributed by atoms with Crippen molar-refractivity contribution in [3.05, 3.63) is 35.9 Å². The molecule has 0 aliphatic carbocycles. The van der Waals surface area contributed by atoms with Crippen molar-refractivity contribution in [2.45, 2.75) is 19.0 Å². The summed E-state index contributed by atoms with van der Waals surface area (Å²) in [5.41, 5.74) is 12.6. The van der Waals surface area contributed by atoms with Gasteiger partial charge >= 0.3 is 0 Å². The van der Waals surface area contributed by atoms with Crippen LogP contribution in [0.25, 0.3) is 0 Å². The predicted octanol–water partition coefficient (Wildman–Crippen LogP) is 1.03. The first-order valence-corrected chi connectivity index (χ1v) is 3.78. The molecule has 2 nitrogen and oxygen atoms in total. The topological polar surface area (TPSA) is 52.0 Å². The summed E-state index contributed by atoms with van der Waals surface area (Å²) in [6.07, 6.45) is 0. The molecular formula is C9H14N2. The molecule has 1 aromatic rings. The van der Waals surface area contributed by atoms with Crippen molar-refractivity contribution in [1.82, 2.24) is 0 Å². The molecule has 0 aliphatic rings. The average molecular weight is 150 g/mol. The fourth-order valence-electron chi connectivity index (χ4n) is 0.979. The zero-order chi connectivity index (χ0) is 8.27. The molecule has 0 aromatic heterocycles. The van der Waals surface area contributed by atoms with Gasteiger partial charge < -0.3 is 11.5 Å². The number of hydrogen-bond donors (Lipinski definition) is 2. The van der Waals surface area contributed by atoms with Crippen LogP contribution in [0, 0.1) is 0 Å². The van der Waals surface area contributed by atoms with Gasteiger partial charge in [0.1, 0.15) is 0 Å². The van der Waals surface area contributed by atoms with Gasteiger partial charge in [-0.2, -0.15) is 0 Å². The maximum absolute atomic E-state index is 5.81. The smallest absolute Gasteiger partial charge is 0.0445 e. The fourth-order valence-corrected chi connectivity index (χ4v) is 0.979. The van der Waals surface area contributed by atoms with E-state index in [-0.39, 0.29) is 12.1 Å². The lowest BCUT2D eigenvalue weighted by Gasteiger charge is -2.15. The van der Waals surface area contributed by atoms with E-state index in [2.05, 4.69) is 0 Å². The van der Waals surface area contributed by atoms with Gasteiger partial charge in [0.05, 0.1) is 0 Å². The normalized spacial score (nSPS) is 15.9. The van der Waals surface area contributed by atoms with Crippen LogP contribution < -0.4 is 11.5 Å². The monoisotopic (exact) mass is 150 g/mol. The third-order valence-corrected chi connectivity index (χ3v) is 1.75. The van der Waals surface area contributed by atoms with E-state index in [0.717, 1.165) is 5.56 Å². The van der Waals surface area contributed by atoms with Crippen molar-refractivity contribution in [1.29, 1.82) is 0 Å². The van der Waals surface area contributed by atoms with Gasteiger partial charge in [0.15, 0.2) is 0 Å². The van der Waals surface area contributed by atoms with E-state index in [4.69, 9.17) is 11.5 Å². The van der Waals surface area contributed by atoms with Crippen LogP contribution in [0.5, 0.6) is 0 Å². The first-order valence-electron chi connectivity index (χ1n) is 3.78. The lowest BCUT2D eigenvalue weighted by Crippen LogP contribution is -2.30. The van der Waals surface area contributed by atoms with Crippen LogP contribution in [0.3, 0.4) is 0 Å². The van der Waals surface area contributed by atoms with E-state index >= 15 is 0 Å². The van der Waals surface area contributed by atoms with Gasteiger partial charge in [0, 0.05) is 12.1 Å². The zero-order valence-corrected chi connectivity index (χ0v) is 6.70. The van der Waals surface area contributed by atoms with E-state index in [9.17, 15) is 0 Å². The largest absolute Gasteiger partial charge is 0.326 e. The molecule has 1 rings (SSSR count). The van der Waals surface area contributed by atoms with Crippen LogP contribution in [-0.4, -0.2) is 6.04 Å².